The molecule has 138 valence electrons. The fraction of sp³-hybridized carbons (Fsp3) is 0.150. The number of hydrogen-bond donors (Lipinski definition) is 2. The van der Waals surface area contributed by atoms with Gasteiger partial charge in [-0.15, -0.1) is 0 Å². The van der Waals surface area contributed by atoms with E-state index in [0.717, 1.165) is 16.0 Å². The number of carbonyl (C=O) groups excluding carboxylic acids is 3. The molecule has 27 heavy (non-hydrogen) atoms. The molecular weight excluding hydrogens is 348 g/mol. The van der Waals surface area contributed by atoms with Crippen molar-refractivity contribution in [3.63, 3.8) is 0 Å². The molecule has 0 spiro atoms. The van der Waals surface area contributed by atoms with E-state index >= 15 is 0 Å². The second kappa shape index (κ2) is 6.95. The van der Waals surface area contributed by atoms with Gasteiger partial charge in [0.1, 0.15) is 17.1 Å². The van der Waals surface area contributed by atoms with Crippen molar-refractivity contribution in [2.24, 2.45) is 0 Å². The van der Waals surface area contributed by atoms with E-state index in [2.05, 4.69) is 5.32 Å². The molecule has 1 aliphatic heterocycles. The van der Waals surface area contributed by atoms with Gasteiger partial charge < -0.3 is 9.84 Å². The van der Waals surface area contributed by atoms with Crippen LogP contribution >= 0.6 is 0 Å². The van der Waals surface area contributed by atoms with E-state index in [1.807, 2.05) is 13.0 Å². The van der Waals surface area contributed by atoms with Gasteiger partial charge >= 0.3 is 6.03 Å². The number of aryl methyl sites for hydroxylation is 1. The molecule has 2 N–H and O–H groups in total. The van der Waals surface area contributed by atoms with Gasteiger partial charge in [0.15, 0.2) is 0 Å². The van der Waals surface area contributed by atoms with Gasteiger partial charge in [-0.3, -0.25) is 14.9 Å². The number of aromatic hydroxyl groups is 1. The molecule has 0 atom stereocenters. The van der Waals surface area contributed by atoms with Crippen molar-refractivity contribution in [2.45, 2.75) is 13.8 Å². The summed E-state index contributed by atoms with van der Waals surface area (Å²) in [4.78, 5) is 38.4. The number of methoxy groups -OCH3 is 1. The van der Waals surface area contributed by atoms with Crippen molar-refractivity contribution in [3.8, 4) is 11.5 Å². The lowest BCUT2D eigenvalue weighted by molar-refractivity contribution is -0.122. The van der Waals surface area contributed by atoms with Gasteiger partial charge in [0.2, 0.25) is 0 Å². The summed E-state index contributed by atoms with van der Waals surface area (Å²) in [6.07, 6.45) is 1.25. The maximum Gasteiger partial charge on any atom is 0.335 e. The van der Waals surface area contributed by atoms with Gasteiger partial charge in [-0.05, 0) is 49.2 Å². The van der Waals surface area contributed by atoms with Gasteiger partial charge in [0.05, 0.1) is 12.8 Å². The summed E-state index contributed by atoms with van der Waals surface area (Å²) in [6.45, 7) is 3.66. The van der Waals surface area contributed by atoms with Crippen molar-refractivity contribution < 1.29 is 24.2 Å². The van der Waals surface area contributed by atoms with E-state index < -0.39 is 17.8 Å². The highest BCUT2D eigenvalue weighted by molar-refractivity contribution is 6.39. The number of imide groups is 2. The van der Waals surface area contributed by atoms with E-state index in [1.54, 1.807) is 25.1 Å². The van der Waals surface area contributed by atoms with Gasteiger partial charge in [-0.1, -0.05) is 12.1 Å². The number of benzene rings is 2. The summed E-state index contributed by atoms with van der Waals surface area (Å²) in [5.74, 6) is -1.30. The predicted octanol–water partition coefficient (Wildman–Crippen LogP) is 2.68. The predicted molar refractivity (Wildman–Crippen MR) is 99.6 cm³/mol. The minimum absolute atomic E-state index is 0.155. The summed E-state index contributed by atoms with van der Waals surface area (Å²) in [5, 5.41) is 12.3. The summed E-state index contributed by atoms with van der Waals surface area (Å²) >= 11 is 0. The molecular formula is C20H18N2O5. The Labute approximate surface area is 155 Å². The number of carbonyl (C=O) groups is 3. The van der Waals surface area contributed by atoms with Crippen molar-refractivity contribution in [1.82, 2.24) is 5.32 Å². The first kappa shape index (κ1) is 18.2. The Bertz CT molecular complexity index is 994. The first-order valence-electron chi connectivity index (χ1n) is 8.18. The molecule has 0 aromatic heterocycles. The number of anilines is 1. The van der Waals surface area contributed by atoms with E-state index in [9.17, 15) is 19.5 Å². The maximum atomic E-state index is 12.9. The average molecular weight is 366 g/mol. The Kier molecular flexibility index (Phi) is 4.68. The van der Waals surface area contributed by atoms with E-state index in [0.29, 0.717) is 11.4 Å². The van der Waals surface area contributed by atoms with Crippen LogP contribution in [-0.2, 0) is 9.59 Å². The molecule has 1 fully saturated rings. The molecule has 1 aliphatic rings. The zero-order valence-corrected chi connectivity index (χ0v) is 15.1. The highest BCUT2D eigenvalue weighted by Gasteiger charge is 2.37. The molecule has 7 heteroatoms. The number of phenolic OH excluding ortho intramolecular Hbond substituents is 1. The number of phenols is 1. The Morgan fingerprint density at radius 1 is 1.11 bits per heavy atom. The number of nitrogens with zero attached hydrogens (tertiary/aromatic N) is 1. The number of amides is 4. The van der Waals surface area contributed by atoms with Gasteiger partial charge in [0.25, 0.3) is 11.8 Å². The van der Waals surface area contributed by atoms with Crippen LogP contribution in [0.1, 0.15) is 16.7 Å². The van der Waals surface area contributed by atoms with Crippen LogP contribution in [0.4, 0.5) is 10.5 Å². The summed E-state index contributed by atoms with van der Waals surface area (Å²) in [6, 6.07) is 8.89. The quantitative estimate of drug-likeness (QED) is 0.643. The molecule has 1 heterocycles. The Hall–Kier alpha value is -3.61. The zero-order valence-electron chi connectivity index (χ0n) is 15.1. The smallest absolute Gasteiger partial charge is 0.335 e. The molecule has 3 rings (SSSR count). The molecule has 0 radical (unpaired) electrons. The van der Waals surface area contributed by atoms with Crippen LogP contribution in [0.15, 0.2) is 42.0 Å². The molecule has 1 saturated heterocycles. The molecule has 2 aromatic carbocycles. The largest absolute Gasteiger partial charge is 0.507 e. The lowest BCUT2D eigenvalue weighted by atomic mass is 10.0. The van der Waals surface area contributed by atoms with Crippen LogP contribution < -0.4 is 15.0 Å². The third kappa shape index (κ3) is 3.27. The normalized spacial score (nSPS) is 15.9. The molecule has 2 aromatic rings. The number of nitrogens with one attached hydrogen (secondary N) is 1. The van der Waals surface area contributed by atoms with Gasteiger partial charge in [-0.2, -0.15) is 0 Å². The number of rotatable bonds is 3. The average Bonchev–Trinajstić information content (AvgIpc) is 2.63. The van der Waals surface area contributed by atoms with Gasteiger partial charge in [0, 0.05) is 11.6 Å². The zero-order chi connectivity index (χ0) is 19.7. The fourth-order valence-corrected chi connectivity index (χ4v) is 2.78. The first-order valence-corrected chi connectivity index (χ1v) is 8.18. The van der Waals surface area contributed by atoms with Crippen LogP contribution in [0.2, 0.25) is 0 Å². The topological polar surface area (TPSA) is 95.9 Å². The molecule has 0 saturated carbocycles. The minimum atomic E-state index is -0.818. The Morgan fingerprint density at radius 3 is 2.52 bits per heavy atom. The van der Waals surface area contributed by atoms with Crippen molar-refractivity contribution in [2.75, 3.05) is 12.0 Å². The number of hydrogen-bond acceptors (Lipinski definition) is 5. The monoisotopic (exact) mass is 366 g/mol. The maximum absolute atomic E-state index is 12.9. The first-order chi connectivity index (χ1) is 12.8. The van der Waals surface area contributed by atoms with Gasteiger partial charge in [-0.25, -0.2) is 9.69 Å². The standard InChI is InChI=1S/C20H18N2O5/c1-11-5-4-6-16(12(11)2)22-19(25)15(18(24)21-20(22)26)9-13-7-8-14(27-3)10-17(13)23/h4-10,23H,1-3H3,(H,21,24,26)/b15-9+. The summed E-state index contributed by atoms with van der Waals surface area (Å²) < 4.78 is 5.02. The number of ether oxygens (including phenoxy) is 1. The van der Waals surface area contributed by atoms with Crippen LogP contribution in [0.25, 0.3) is 6.08 Å². The molecule has 0 aliphatic carbocycles. The Balaban J connectivity index is 2.06. The second-order valence-corrected chi connectivity index (χ2v) is 6.10. The molecule has 0 bridgehead atoms. The summed E-state index contributed by atoms with van der Waals surface area (Å²) in [5.41, 5.74) is 2.06. The third-order valence-electron chi connectivity index (χ3n) is 4.46. The highest BCUT2D eigenvalue weighted by atomic mass is 16.5. The Morgan fingerprint density at radius 2 is 1.85 bits per heavy atom. The highest BCUT2D eigenvalue weighted by Crippen LogP contribution is 2.29. The van der Waals surface area contributed by atoms with E-state index in [4.69, 9.17) is 4.74 Å². The SMILES string of the molecule is COc1ccc(/C=C2\C(=O)NC(=O)N(c3cccc(C)c3C)C2=O)c(O)c1. The molecule has 7 nitrogen and oxygen atoms in total. The second-order valence-electron chi connectivity index (χ2n) is 6.10. The van der Waals surface area contributed by atoms with Crippen molar-refractivity contribution in [1.29, 1.82) is 0 Å². The fourth-order valence-electron chi connectivity index (χ4n) is 2.78. The lowest BCUT2D eigenvalue weighted by Gasteiger charge is -2.28. The molecule has 0 unspecified atom stereocenters. The van der Waals surface area contributed by atoms with E-state index in [-0.39, 0.29) is 16.9 Å². The summed E-state index contributed by atoms with van der Waals surface area (Å²) in [7, 11) is 1.46. The molecule has 4 amide bonds. The van der Waals surface area contributed by atoms with E-state index in [1.165, 1.54) is 25.3 Å². The number of urea groups is 1. The van der Waals surface area contributed by atoms with Crippen LogP contribution in [0.5, 0.6) is 11.5 Å². The van der Waals surface area contributed by atoms with Crippen LogP contribution in [0.3, 0.4) is 0 Å². The van der Waals surface area contributed by atoms with Crippen LogP contribution in [-0.4, -0.2) is 30.1 Å². The minimum Gasteiger partial charge on any atom is -0.507 e. The van der Waals surface area contributed by atoms with Crippen molar-refractivity contribution >= 4 is 29.6 Å². The third-order valence-corrected chi connectivity index (χ3v) is 4.46. The lowest BCUT2D eigenvalue weighted by Crippen LogP contribution is -2.54. The number of barbiturate groups is 1. The van der Waals surface area contributed by atoms with Crippen molar-refractivity contribution in [3.05, 3.63) is 58.7 Å². The van der Waals surface area contributed by atoms with Crippen LogP contribution in [0, 0.1) is 13.8 Å².